The second kappa shape index (κ2) is 6.82. The summed E-state index contributed by atoms with van der Waals surface area (Å²) in [6, 6.07) is 7.80. The largest absolute Gasteiger partial charge is 0.508 e. The Morgan fingerprint density at radius 1 is 1.19 bits per heavy atom. The molecule has 136 valence electrons. The molecule has 2 aliphatic rings. The summed E-state index contributed by atoms with van der Waals surface area (Å²) in [6.45, 7) is 0.656. The van der Waals surface area contributed by atoms with E-state index in [0.717, 1.165) is 31.4 Å². The number of nitrogens with one attached hydrogen (secondary N) is 1. The lowest BCUT2D eigenvalue weighted by atomic mass is 10.1. The number of phenolic OH excluding ortho intramolecular Hbond substituents is 1. The minimum absolute atomic E-state index is 0.0495. The van der Waals surface area contributed by atoms with Gasteiger partial charge in [-0.3, -0.25) is 14.3 Å². The van der Waals surface area contributed by atoms with Crippen LogP contribution in [0.1, 0.15) is 47.8 Å². The van der Waals surface area contributed by atoms with Crippen LogP contribution < -0.4 is 5.32 Å². The Hall–Kier alpha value is -2.83. The number of hydrogen-bond acceptors (Lipinski definition) is 4. The van der Waals surface area contributed by atoms with Crippen molar-refractivity contribution in [2.45, 2.75) is 44.3 Å². The van der Waals surface area contributed by atoms with Crippen LogP contribution in [0.4, 0.5) is 0 Å². The first-order valence-electron chi connectivity index (χ1n) is 9.03. The van der Waals surface area contributed by atoms with Crippen LogP contribution in [0.2, 0.25) is 0 Å². The highest BCUT2D eigenvalue weighted by Crippen LogP contribution is 2.25. The molecular formula is C19H22N4O3. The molecule has 0 saturated heterocycles. The number of benzene rings is 1. The van der Waals surface area contributed by atoms with Crippen molar-refractivity contribution < 1.29 is 14.7 Å². The third kappa shape index (κ3) is 3.16. The van der Waals surface area contributed by atoms with E-state index in [2.05, 4.69) is 10.4 Å². The molecule has 2 N–H and O–H groups in total. The van der Waals surface area contributed by atoms with Crippen LogP contribution in [0.5, 0.6) is 5.75 Å². The van der Waals surface area contributed by atoms with Crippen molar-refractivity contribution in [3.8, 4) is 5.75 Å². The number of phenols is 1. The van der Waals surface area contributed by atoms with Gasteiger partial charge in [0.05, 0.1) is 18.8 Å². The van der Waals surface area contributed by atoms with Crippen molar-refractivity contribution in [3.05, 3.63) is 47.8 Å². The summed E-state index contributed by atoms with van der Waals surface area (Å²) in [7, 11) is 0. The molecule has 1 fully saturated rings. The van der Waals surface area contributed by atoms with Crippen molar-refractivity contribution in [2.75, 3.05) is 6.54 Å². The zero-order valence-electron chi connectivity index (χ0n) is 14.5. The number of fused-ring (bicyclic) bond motifs is 1. The molecule has 1 aromatic heterocycles. The topological polar surface area (TPSA) is 87.5 Å². The van der Waals surface area contributed by atoms with E-state index < -0.39 is 6.04 Å². The summed E-state index contributed by atoms with van der Waals surface area (Å²) in [5.74, 6) is -0.240. The van der Waals surface area contributed by atoms with Gasteiger partial charge in [0.1, 0.15) is 11.8 Å². The van der Waals surface area contributed by atoms with E-state index in [-0.39, 0.29) is 30.2 Å². The van der Waals surface area contributed by atoms with Gasteiger partial charge in [-0.15, -0.1) is 0 Å². The number of hydrogen-bond donors (Lipinski definition) is 2. The van der Waals surface area contributed by atoms with Crippen LogP contribution in [0, 0.1) is 0 Å². The van der Waals surface area contributed by atoms with Crippen LogP contribution in [0.25, 0.3) is 0 Å². The fraction of sp³-hybridized carbons (Fsp3) is 0.421. The van der Waals surface area contributed by atoms with Crippen LogP contribution in [-0.2, 0) is 11.3 Å². The molecule has 1 aliphatic heterocycles. The molecule has 1 aliphatic carbocycles. The zero-order valence-corrected chi connectivity index (χ0v) is 14.5. The SMILES string of the molecule is O=C(NC1CCCC1)[C@H]1CN(C(=O)c2cccc(O)c2)Cc2ccnn21. The van der Waals surface area contributed by atoms with E-state index in [1.54, 1.807) is 27.9 Å². The van der Waals surface area contributed by atoms with Crippen molar-refractivity contribution in [3.63, 3.8) is 0 Å². The van der Waals surface area contributed by atoms with Gasteiger partial charge < -0.3 is 15.3 Å². The Labute approximate surface area is 151 Å². The number of rotatable bonds is 3. The first-order valence-corrected chi connectivity index (χ1v) is 9.03. The second-order valence-electron chi connectivity index (χ2n) is 7.01. The van der Waals surface area contributed by atoms with Crippen molar-refractivity contribution in [1.82, 2.24) is 20.0 Å². The highest BCUT2D eigenvalue weighted by Gasteiger charge is 2.34. The highest BCUT2D eigenvalue weighted by molar-refractivity contribution is 5.95. The van der Waals surface area contributed by atoms with E-state index in [4.69, 9.17) is 0 Å². The summed E-state index contributed by atoms with van der Waals surface area (Å²) in [6.07, 6.45) is 5.97. The van der Waals surface area contributed by atoms with Crippen LogP contribution in [0.3, 0.4) is 0 Å². The minimum atomic E-state index is -0.532. The monoisotopic (exact) mass is 354 g/mol. The van der Waals surface area contributed by atoms with Gasteiger partial charge in [-0.1, -0.05) is 18.9 Å². The van der Waals surface area contributed by atoms with Crippen molar-refractivity contribution in [1.29, 1.82) is 0 Å². The molecular weight excluding hydrogens is 332 g/mol. The van der Waals surface area contributed by atoms with Gasteiger partial charge in [0, 0.05) is 17.8 Å². The molecule has 1 atom stereocenters. The maximum Gasteiger partial charge on any atom is 0.254 e. The molecule has 0 spiro atoms. The molecule has 1 aromatic carbocycles. The van der Waals surface area contributed by atoms with Gasteiger partial charge in [0.2, 0.25) is 5.91 Å². The van der Waals surface area contributed by atoms with Crippen LogP contribution >= 0.6 is 0 Å². The molecule has 4 rings (SSSR count). The highest BCUT2D eigenvalue weighted by atomic mass is 16.3. The molecule has 0 radical (unpaired) electrons. The molecule has 2 amide bonds. The summed E-state index contributed by atoms with van der Waals surface area (Å²) < 4.78 is 1.72. The van der Waals surface area contributed by atoms with Crippen molar-refractivity contribution >= 4 is 11.8 Å². The fourth-order valence-corrected chi connectivity index (χ4v) is 3.83. The lowest BCUT2D eigenvalue weighted by Crippen LogP contribution is -2.48. The second-order valence-corrected chi connectivity index (χ2v) is 7.01. The molecule has 2 aromatic rings. The Kier molecular flexibility index (Phi) is 4.36. The Morgan fingerprint density at radius 2 is 2.00 bits per heavy atom. The molecule has 7 nitrogen and oxygen atoms in total. The number of carbonyl (C=O) groups is 2. The first-order chi connectivity index (χ1) is 12.6. The molecule has 7 heteroatoms. The average Bonchev–Trinajstić information content (AvgIpc) is 3.31. The minimum Gasteiger partial charge on any atom is -0.508 e. The third-order valence-electron chi connectivity index (χ3n) is 5.18. The third-order valence-corrected chi connectivity index (χ3v) is 5.18. The number of amides is 2. The number of carbonyl (C=O) groups excluding carboxylic acids is 2. The van der Waals surface area contributed by atoms with E-state index in [1.165, 1.54) is 12.1 Å². The normalized spacial score (nSPS) is 20.0. The standard InChI is InChI=1S/C19H22N4O3/c24-16-7-3-4-13(10-16)19(26)22-11-15-8-9-20-23(15)17(12-22)18(25)21-14-5-1-2-6-14/h3-4,7-10,14,17,24H,1-2,5-6,11-12H2,(H,21,25)/t17-/m1/s1. The van der Waals surface area contributed by atoms with Gasteiger partial charge in [0.15, 0.2) is 0 Å². The molecule has 1 saturated carbocycles. The van der Waals surface area contributed by atoms with Crippen LogP contribution in [0.15, 0.2) is 36.5 Å². The Balaban J connectivity index is 1.55. The van der Waals surface area contributed by atoms with E-state index in [0.29, 0.717) is 12.1 Å². The van der Waals surface area contributed by atoms with Gasteiger partial charge >= 0.3 is 0 Å². The van der Waals surface area contributed by atoms with Crippen molar-refractivity contribution in [2.24, 2.45) is 0 Å². The predicted octanol–water partition coefficient (Wildman–Crippen LogP) is 1.84. The first kappa shape index (κ1) is 16.6. The fourth-order valence-electron chi connectivity index (χ4n) is 3.83. The van der Waals surface area contributed by atoms with E-state index in [1.807, 2.05) is 6.07 Å². The molecule has 0 bridgehead atoms. The average molecular weight is 354 g/mol. The zero-order chi connectivity index (χ0) is 18.1. The van der Waals surface area contributed by atoms with E-state index >= 15 is 0 Å². The summed E-state index contributed by atoms with van der Waals surface area (Å²) in [5, 5.41) is 17.0. The lowest BCUT2D eigenvalue weighted by molar-refractivity contribution is -0.126. The van der Waals surface area contributed by atoms with Gasteiger partial charge in [-0.25, -0.2) is 0 Å². The Bertz CT molecular complexity index is 826. The summed E-state index contributed by atoms with van der Waals surface area (Å²) >= 11 is 0. The number of nitrogens with zero attached hydrogens (tertiary/aromatic N) is 3. The number of aromatic nitrogens is 2. The smallest absolute Gasteiger partial charge is 0.254 e. The van der Waals surface area contributed by atoms with Gasteiger partial charge in [0.25, 0.3) is 5.91 Å². The molecule has 26 heavy (non-hydrogen) atoms. The quantitative estimate of drug-likeness (QED) is 0.880. The lowest BCUT2D eigenvalue weighted by Gasteiger charge is -2.33. The maximum atomic E-state index is 12.8. The van der Waals surface area contributed by atoms with Gasteiger partial charge in [-0.2, -0.15) is 5.10 Å². The molecule has 0 unspecified atom stereocenters. The van der Waals surface area contributed by atoms with Crippen LogP contribution in [-0.4, -0.2) is 44.2 Å². The number of aromatic hydroxyl groups is 1. The summed E-state index contributed by atoms with van der Waals surface area (Å²) in [5.41, 5.74) is 1.24. The van der Waals surface area contributed by atoms with Gasteiger partial charge in [-0.05, 0) is 37.1 Å². The molecule has 2 heterocycles. The maximum absolute atomic E-state index is 12.8. The predicted molar refractivity (Wildman–Crippen MR) is 94.5 cm³/mol. The Morgan fingerprint density at radius 3 is 2.77 bits per heavy atom. The summed E-state index contributed by atoms with van der Waals surface area (Å²) in [4.78, 5) is 27.3. The van der Waals surface area contributed by atoms with E-state index in [9.17, 15) is 14.7 Å².